The van der Waals surface area contributed by atoms with Crippen LogP contribution in [0.4, 0.5) is 0 Å². The zero-order valence-electron chi connectivity index (χ0n) is 7.75. The standard InChI is InChI=1S/C12H14O/c13-9-3-7-11-5-1-4-10-6-2-8-12(10)11/h1,4-5,9H,2-3,6-8H2. The molecule has 0 fully saturated rings. The maximum atomic E-state index is 10.3. The number of benzene rings is 1. The van der Waals surface area contributed by atoms with E-state index in [1.165, 1.54) is 36.0 Å². The molecule has 1 nitrogen and oxygen atoms in total. The largest absolute Gasteiger partial charge is 0.303 e. The predicted molar refractivity (Wildman–Crippen MR) is 52.9 cm³/mol. The van der Waals surface area contributed by atoms with Crippen LogP contribution in [0.5, 0.6) is 0 Å². The van der Waals surface area contributed by atoms with Gasteiger partial charge in [0.25, 0.3) is 0 Å². The van der Waals surface area contributed by atoms with Gasteiger partial charge in [0.15, 0.2) is 0 Å². The lowest BCUT2D eigenvalue weighted by molar-refractivity contribution is -0.107. The van der Waals surface area contributed by atoms with Crippen LogP contribution in [0.2, 0.25) is 0 Å². The van der Waals surface area contributed by atoms with Crippen LogP contribution in [0.3, 0.4) is 0 Å². The van der Waals surface area contributed by atoms with Crippen LogP contribution in [0.15, 0.2) is 18.2 Å². The number of rotatable bonds is 3. The molecule has 2 rings (SSSR count). The van der Waals surface area contributed by atoms with Crippen LogP contribution in [0, 0.1) is 0 Å². The lowest BCUT2D eigenvalue weighted by Gasteiger charge is -2.05. The van der Waals surface area contributed by atoms with Crippen molar-refractivity contribution in [3.63, 3.8) is 0 Å². The summed E-state index contributed by atoms with van der Waals surface area (Å²) < 4.78 is 0. The second kappa shape index (κ2) is 3.73. The van der Waals surface area contributed by atoms with Crippen molar-refractivity contribution < 1.29 is 4.79 Å². The molecule has 13 heavy (non-hydrogen) atoms. The van der Waals surface area contributed by atoms with Crippen LogP contribution in [0.1, 0.15) is 29.5 Å². The highest BCUT2D eigenvalue weighted by atomic mass is 16.1. The molecule has 0 N–H and O–H groups in total. The van der Waals surface area contributed by atoms with Gasteiger partial charge in [0.2, 0.25) is 0 Å². The Balaban J connectivity index is 2.25. The summed E-state index contributed by atoms with van der Waals surface area (Å²) in [5.41, 5.74) is 4.41. The van der Waals surface area contributed by atoms with E-state index in [4.69, 9.17) is 0 Å². The molecule has 0 unspecified atom stereocenters. The Morgan fingerprint density at radius 2 is 2.23 bits per heavy atom. The van der Waals surface area contributed by atoms with Crippen molar-refractivity contribution in [1.82, 2.24) is 0 Å². The first-order chi connectivity index (χ1) is 6.42. The Morgan fingerprint density at radius 3 is 3.08 bits per heavy atom. The molecule has 0 amide bonds. The molecule has 1 aromatic rings. The Kier molecular flexibility index (Phi) is 2.44. The molecule has 68 valence electrons. The monoisotopic (exact) mass is 174 g/mol. The van der Waals surface area contributed by atoms with E-state index in [9.17, 15) is 4.79 Å². The van der Waals surface area contributed by atoms with Crippen molar-refractivity contribution in [2.75, 3.05) is 0 Å². The molecular formula is C12H14O. The highest BCUT2D eigenvalue weighted by Crippen LogP contribution is 2.25. The summed E-state index contributed by atoms with van der Waals surface area (Å²) >= 11 is 0. The number of aryl methyl sites for hydroxylation is 2. The first kappa shape index (κ1) is 8.49. The summed E-state index contributed by atoms with van der Waals surface area (Å²) in [4.78, 5) is 10.3. The van der Waals surface area contributed by atoms with Gasteiger partial charge >= 0.3 is 0 Å². The van der Waals surface area contributed by atoms with Crippen LogP contribution in [-0.2, 0) is 24.1 Å². The first-order valence-electron chi connectivity index (χ1n) is 4.95. The van der Waals surface area contributed by atoms with Gasteiger partial charge in [-0.2, -0.15) is 0 Å². The van der Waals surface area contributed by atoms with Crippen molar-refractivity contribution in [2.24, 2.45) is 0 Å². The van der Waals surface area contributed by atoms with Crippen LogP contribution < -0.4 is 0 Å². The third kappa shape index (κ3) is 1.64. The van der Waals surface area contributed by atoms with Gasteiger partial charge in [-0.15, -0.1) is 0 Å². The predicted octanol–water partition coefficient (Wildman–Crippen LogP) is 2.31. The summed E-state index contributed by atoms with van der Waals surface area (Å²) in [6.45, 7) is 0. The van der Waals surface area contributed by atoms with Gasteiger partial charge in [-0.05, 0) is 42.4 Å². The Bertz CT molecular complexity index is 315. The van der Waals surface area contributed by atoms with Crippen molar-refractivity contribution in [3.05, 3.63) is 34.9 Å². The Morgan fingerprint density at radius 1 is 1.31 bits per heavy atom. The molecular weight excluding hydrogens is 160 g/mol. The Labute approximate surface area is 78.8 Å². The zero-order chi connectivity index (χ0) is 9.10. The molecule has 0 saturated heterocycles. The molecule has 1 heteroatoms. The number of fused-ring (bicyclic) bond motifs is 1. The topological polar surface area (TPSA) is 17.1 Å². The van der Waals surface area contributed by atoms with Crippen LogP contribution >= 0.6 is 0 Å². The number of aldehydes is 1. The minimum Gasteiger partial charge on any atom is -0.303 e. The molecule has 0 heterocycles. The van der Waals surface area contributed by atoms with Gasteiger partial charge in [-0.3, -0.25) is 0 Å². The number of hydrogen-bond donors (Lipinski definition) is 0. The lowest BCUT2D eigenvalue weighted by atomic mass is 10.00. The average Bonchev–Trinajstić information content (AvgIpc) is 2.62. The summed E-state index contributed by atoms with van der Waals surface area (Å²) in [6, 6.07) is 6.49. The third-order valence-corrected chi connectivity index (χ3v) is 2.77. The Hall–Kier alpha value is -1.11. The van der Waals surface area contributed by atoms with E-state index in [2.05, 4.69) is 18.2 Å². The molecule has 1 aliphatic carbocycles. The van der Waals surface area contributed by atoms with Crippen LogP contribution in [-0.4, -0.2) is 6.29 Å². The second-order valence-corrected chi connectivity index (χ2v) is 3.61. The molecule has 0 radical (unpaired) electrons. The SMILES string of the molecule is O=CCCc1cccc2c1CCC2. The molecule has 0 bridgehead atoms. The van der Waals surface area contributed by atoms with E-state index in [-0.39, 0.29) is 0 Å². The smallest absolute Gasteiger partial charge is 0.120 e. The lowest BCUT2D eigenvalue weighted by Crippen LogP contribution is -1.93. The summed E-state index contributed by atoms with van der Waals surface area (Å²) in [5.74, 6) is 0. The average molecular weight is 174 g/mol. The zero-order valence-corrected chi connectivity index (χ0v) is 7.75. The minimum absolute atomic E-state index is 0.663. The van der Waals surface area contributed by atoms with Gasteiger partial charge in [-0.1, -0.05) is 18.2 Å². The molecule has 0 spiro atoms. The number of carbonyl (C=O) groups excluding carboxylic acids is 1. The van der Waals surface area contributed by atoms with Crippen molar-refractivity contribution in [3.8, 4) is 0 Å². The number of hydrogen-bond acceptors (Lipinski definition) is 1. The van der Waals surface area contributed by atoms with Crippen molar-refractivity contribution >= 4 is 6.29 Å². The second-order valence-electron chi connectivity index (χ2n) is 3.61. The van der Waals surface area contributed by atoms with Crippen molar-refractivity contribution in [2.45, 2.75) is 32.1 Å². The van der Waals surface area contributed by atoms with Gasteiger partial charge in [0, 0.05) is 6.42 Å². The molecule has 1 aromatic carbocycles. The fourth-order valence-corrected chi connectivity index (χ4v) is 2.15. The fraction of sp³-hybridized carbons (Fsp3) is 0.417. The summed E-state index contributed by atoms with van der Waals surface area (Å²) in [5, 5.41) is 0. The van der Waals surface area contributed by atoms with E-state index in [0.29, 0.717) is 6.42 Å². The van der Waals surface area contributed by atoms with Gasteiger partial charge < -0.3 is 4.79 Å². The van der Waals surface area contributed by atoms with Gasteiger partial charge in [0.05, 0.1) is 0 Å². The van der Waals surface area contributed by atoms with Gasteiger partial charge in [0.1, 0.15) is 6.29 Å². The molecule has 0 aromatic heterocycles. The molecule has 1 aliphatic rings. The van der Waals surface area contributed by atoms with E-state index < -0.39 is 0 Å². The number of carbonyl (C=O) groups is 1. The highest BCUT2D eigenvalue weighted by molar-refractivity contribution is 5.51. The van der Waals surface area contributed by atoms with E-state index >= 15 is 0 Å². The molecule has 0 saturated carbocycles. The quantitative estimate of drug-likeness (QED) is 0.643. The fourth-order valence-electron chi connectivity index (χ4n) is 2.15. The normalized spacial score (nSPS) is 14.2. The first-order valence-corrected chi connectivity index (χ1v) is 4.95. The van der Waals surface area contributed by atoms with Gasteiger partial charge in [-0.25, -0.2) is 0 Å². The summed E-state index contributed by atoms with van der Waals surface area (Å²) in [6.07, 6.45) is 6.32. The molecule has 0 aliphatic heterocycles. The summed E-state index contributed by atoms with van der Waals surface area (Å²) in [7, 11) is 0. The van der Waals surface area contributed by atoms with E-state index in [1.807, 2.05) is 0 Å². The third-order valence-electron chi connectivity index (χ3n) is 2.77. The van der Waals surface area contributed by atoms with E-state index in [0.717, 1.165) is 12.7 Å². The van der Waals surface area contributed by atoms with Crippen LogP contribution in [0.25, 0.3) is 0 Å². The maximum Gasteiger partial charge on any atom is 0.120 e. The highest BCUT2D eigenvalue weighted by Gasteiger charge is 2.13. The minimum atomic E-state index is 0.663. The van der Waals surface area contributed by atoms with E-state index in [1.54, 1.807) is 0 Å². The maximum absolute atomic E-state index is 10.3. The molecule has 0 atom stereocenters. The van der Waals surface area contributed by atoms with Crippen molar-refractivity contribution in [1.29, 1.82) is 0 Å².